The molecule has 0 spiro atoms. The Morgan fingerprint density at radius 1 is 0.712 bits per heavy atom. The van der Waals surface area contributed by atoms with Crippen LogP contribution in [0.1, 0.15) is 46.0 Å². The van der Waals surface area contributed by atoms with Gasteiger partial charge >= 0.3 is 17.9 Å². The summed E-state index contributed by atoms with van der Waals surface area (Å²) in [6.07, 6.45) is -25.5. The summed E-state index contributed by atoms with van der Waals surface area (Å²) >= 11 is 0. The van der Waals surface area contributed by atoms with Crippen LogP contribution in [0.2, 0.25) is 0 Å². The summed E-state index contributed by atoms with van der Waals surface area (Å²) < 4.78 is 33.3. The van der Waals surface area contributed by atoms with Crippen LogP contribution in [0.5, 0.6) is 0 Å². The van der Waals surface area contributed by atoms with Gasteiger partial charge < -0.3 is 106 Å². The van der Waals surface area contributed by atoms with Gasteiger partial charge in [0.15, 0.2) is 5.60 Å². The Kier molecular flexibility index (Phi) is 17.9. The predicted molar refractivity (Wildman–Crippen MR) is 191 cm³/mol. The Bertz CT molecular complexity index is 1430. The number of nitrogens with one attached hydrogen (secondary N) is 2. The number of carbonyl (C=O) groups is 4. The first kappa shape index (κ1) is 50.6. The van der Waals surface area contributed by atoms with Crippen LogP contribution in [0.3, 0.4) is 0 Å². The van der Waals surface area contributed by atoms with Crippen molar-refractivity contribution >= 4 is 23.8 Å². The van der Waals surface area contributed by atoms with Gasteiger partial charge in [0.2, 0.25) is 5.91 Å². The number of hydrogen-bond donors (Lipinski definition) is 15. The zero-order valence-electron chi connectivity index (χ0n) is 32.8. The molecular weight excluding hydrogens is 802 g/mol. The molecule has 3 rings (SSSR count). The number of aliphatic hydroxyl groups excluding tert-OH is 9. The fraction of sp³-hybridized carbons (Fsp3) is 0.882. The summed E-state index contributed by atoms with van der Waals surface area (Å²) in [5.74, 6) is -12.4. The number of nitrogens with two attached hydrogens (primary N) is 1. The monoisotopic (exact) mass is 861 g/mol. The normalized spacial score (nSPS) is 38.3. The van der Waals surface area contributed by atoms with Gasteiger partial charge in [0, 0.05) is 32.8 Å². The predicted octanol–water partition coefficient (Wildman–Crippen LogP) is -7.11. The van der Waals surface area contributed by atoms with Gasteiger partial charge in [-0.3, -0.25) is 4.79 Å². The van der Waals surface area contributed by atoms with Crippen molar-refractivity contribution in [3.8, 4) is 0 Å². The van der Waals surface area contributed by atoms with E-state index in [2.05, 4.69) is 10.6 Å². The van der Waals surface area contributed by atoms with Crippen molar-refractivity contribution < 1.29 is 109 Å². The SMILES string of the molecule is CCCC(=O)NC1C(O)CC(O[C@H](CO)[C@@H](O)C2OC(O[C@H](CO)[C@@H](O)C3OC(C)(C(=O)O)CC(O)C3NC)(C(=O)O)CC(O)C2N)(C(=O)O)OC1[C@H](O)[C@@H](CO)OC. The van der Waals surface area contributed by atoms with E-state index in [0.717, 1.165) is 14.0 Å². The molecule has 16 N–H and O–H groups in total. The summed E-state index contributed by atoms with van der Waals surface area (Å²) in [5, 5.41) is 133. The highest BCUT2D eigenvalue weighted by Gasteiger charge is 2.61. The van der Waals surface area contributed by atoms with Gasteiger partial charge in [0.1, 0.15) is 54.9 Å². The van der Waals surface area contributed by atoms with Crippen molar-refractivity contribution in [2.24, 2.45) is 5.73 Å². The average Bonchev–Trinajstić information content (AvgIpc) is 3.17. The van der Waals surface area contributed by atoms with Gasteiger partial charge in [-0.15, -0.1) is 0 Å². The minimum absolute atomic E-state index is 0.0513. The van der Waals surface area contributed by atoms with Crippen LogP contribution in [0.4, 0.5) is 0 Å². The Labute approximate surface area is 337 Å². The fourth-order valence-electron chi connectivity index (χ4n) is 7.53. The maximum atomic E-state index is 12.9. The Hall–Kier alpha value is -2.80. The fourth-order valence-corrected chi connectivity index (χ4v) is 7.53. The molecule has 0 aromatic rings. The van der Waals surface area contributed by atoms with Crippen molar-refractivity contribution in [3.63, 3.8) is 0 Å². The van der Waals surface area contributed by atoms with Crippen molar-refractivity contribution in [2.75, 3.05) is 34.0 Å². The van der Waals surface area contributed by atoms with Crippen LogP contribution >= 0.6 is 0 Å². The molecular formula is C34H59N3O22. The van der Waals surface area contributed by atoms with E-state index in [1.165, 1.54) is 7.05 Å². The molecule has 12 unspecified atom stereocenters. The second kappa shape index (κ2) is 20.8. The zero-order chi connectivity index (χ0) is 44.8. The standard InChI is InChI=1S/C34H59N3O22/c1-5-6-19(44)37-22-15(43)9-34(31(52)53,59-28(22)23(45)16(10-38)54-4)55-17(11-39)24(46)26-20(35)13(41)8-33(58-26,30(50)51)56-18(12-40)25(47)27-21(36-3)14(42)7-32(2,57-27)29(48)49/h13-18,20-28,36,38-43,45-47H,5-12,35H2,1-4H3,(H,37,44)(H,48,49)(H,50,51)(H,52,53)/t13?,14?,15?,16-,17-,18-,20?,21?,22?,23-,24-,25-,26?,27?,28?,32?,33?,34?/m1/s1. The van der Waals surface area contributed by atoms with Crippen molar-refractivity contribution in [1.29, 1.82) is 0 Å². The summed E-state index contributed by atoms with van der Waals surface area (Å²) in [7, 11) is 2.42. The third-order valence-corrected chi connectivity index (χ3v) is 10.9. The minimum Gasteiger partial charge on any atom is -0.479 e. The molecule has 342 valence electrons. The molecule has 18 atom stereocenters. The van der Waals surface area contributed by atoms with Gasteiger partial charge in [-0.25, -0.2) is 14.4 Å². The molecule has 0 aromatic carbocycles. The Morgan fingerprint density at radius 3 is 1.59 bits per heavy atom. The molecule has 3 aliphatic heterocycles. The van der Waals surface area contributed by atoms with Gasteiger partial charge in [0.25, 0.3) is 11.6 Å². The first-order valence-electron chi connectivity index (χ1n) is 18.8. The lowest BCUT2D eigenvalue weighted by Crippen LogP contribution is -2.70. The topological polar surface area (TPSA) is 417 Å². The number of likely N-dealkylation sites (N-methyl/N-ethyl adjacent to an activating group) is 1. The molecule has 1 amide bonds. The van der Waals surface area contributed by atoms with Crippen LogP contribution in [0.25, 0.3) is 0 Å². The third kappa shape index (κ3) is 10.8. The van der Waals surface area contributed by atoms with E-state index in [1.807, 2.05) is 0 Å². The Balaban J connectivity index is 1.99. The van der Waals surface area contributed by atoms with Crippen LogP contribution in [-0.4, -0.2) is 228 Å². The highest BCUT2D eigenvalue weighted by Crippen LogP contribution is 2.39. The molecule has 25 nitrogen and oxygen atoms in total. The number of aliphatic carboxylic acids is 3. The van der Waals surface area contributed by atoms with Gasteiger partial charge in [-0.2, -0.15) is 0 Å². The first-order valence-corrected chi connectivity index (χ1v) is 18.8. The summed E-state index contributed by atoms with van der Waals surface area (Å²) in [6, 6.07) is -4.48. The van der Waals surface area contributed by atoms with E-state index < -0.39 is 171 Å². The van der Waals surface area contributed by atoms with Gasteiger partial charge in [-0.1, -0.05) is 6.92 Å². The molecule has 0 aromatic heterocycles. The molecule has 0 bridgehead atoms. The molecule has 0 aliphatic carbocycles. The molecule has 59 heavy (non-hydrogen) atoms. The maximum absolute atomic E-state index is 12.9. The number of methoxy groups -OCH3 is 1. The second-order valence-electron chi connectivity index (χ2n) is 15.1. The highest BCUT2D eigenvalue weighted by molar-refractivity contribution is 5.78. The van der Waals surface area contributed by atoms with Crippen LogP contribution in [-0.2, 0) is 47.6 Å². The summed E-state index contributed by atoms with van der Waals surface area (Å²) in [4.78, 5) is 50.4. The number of rotatable bonds is 21. The maximum Gasteiger partial charge on any atom is 0.364 e. The molecule has 3 aliphatic rings. The highest BCUT2D eigenvalue weighted by atomic mass is 16.8. The van der Waals surface area contributed by atoms with Gasteiger partial charge in [0.05, 0.1) is 56.3 Å². The molecule has 3 fully saturated rings. The lowest BCUT2D eigenvalue weighted by Gasteiger charge is -2.50. The van der Waals surface area contributed by atoms with E-state index in [-0.39, 0.29) is 6.42 Å². The van der Waals surface area contributed by atoms with Crippen molar-refractivity contribution in [1.82, 2.24) is 10.6 Å². The number of aliphatic hydroxyl groups is 9. The Morgan fingerprint density at radius 2 is 1.15 bits per heavy atom. The number of carboxylic acids is 3. The van der Waals surface area contributed by atoms with Crippen LogP contribution in [0.15, 0.2) is 0 Å². The quantitative estimate of drug-likeness (QED) is 0.0510. The van der Waals surface area contributed by atoms with Crippen molar-refractivity contribution in [3.05, 3.63) is 0 Å². The van der Waals surface area contributed by atoms with E-state index in [0.29, 0.717) is 6.42 Å². The summed E-state index contributed by atoms with van der Waals surface area (Å²) in [6.45, 7) is -0.588. The van der Waals surface area contributed by atoms with Crippen LogP contribution in [0, 0.1) is 0 Å². The number of ether oxygens (including phenoxy) is 6. The van der Waals surface area contributed by atoms with Crippen LogP contribution < -0.4 is 16.4 Å². The third-order valence-electron chi connectivity index (χ3n) is 10.9. The largest absolute Gasteiger partial charge is 0.479 e. The van der Waals surface area contributed by atoms with E-state index in [1.54, 1.807) is 6.92 Å². The molecule has 3 heterocycles. The first-order chi connectivity index (χ1) is 27.6. The number of carbonyl (C=O) groups excluding carboxylic acids is 1. The van der Waals surface area contributed by atoms with E-state index in [4.69, 9.17) is 34.2 Å². The van der Waals surface area contributed by atoms with Crippen molar-refractivity contribution in [2.45, 2.75) is 154 Å². The minimum atomic E-state index is -3.12. The lowest BCUT2D eigenvalue weighted by atomic mass is 9.84. The smallest absolute Gasteiger partial charge is 0.364 e. The number of amides is 1. The van der Waals surface area contributed by atoms with Gasteiger partial charge in [-0.05, 0) is 20.4 Å². The molecule has 25 heteroatoms. The average molecular weight is 862 g/mol. The number of hydrogen-bond acceptors (Lipinski definition) is 21. The van der Waals surface area contributed by atoms with E-state index >= 15 is 0 Å². The zero-order valence-corrected chi connectivity index (χ0v) is 32.8. The van der Waals surface area contributed by atoms with E-state index in [9.17, 15) is 80.5 Å². The summed E-state index contributed by atoms with van der Waals surface area (Å²) in [5.41, 5.74) is 4.05. The molecule has 0 saturated carbocycles. The number of carboxylic acid groups (broad SMARTS) is 3. The lowest BCUT2D eigenvalue weighted by molar-refractivity contribution is -0.353. The molecule has 0 radical (unpaired) electrons. The molecule has 3 saturated heterocycles. The second-order valence-corrected chi connectivity index (χ2v) is 15.1.